The van der Waals surface area contributed by atoms with Crippen LogP contribution in [0.25, 0.3) is 0 Å². The third kappa shape index (κ3) is 4.81. The fourth-order valence-corrected chi connectivity index (χ4v) is 2.94. The van der Waals surface area contributed by atoms with Gasteiger partial charge in [-0.05, 0) is 18.2 Å². The molecule has 0 spiro atoms. The van der Waals surface area contributed by atoms with Crippen molar-refractivity contribution < 1.29 is 23.2 Å². The number of rotatable bonds is 5. The van der Waals surface area contributed by atoms with Crippen LogP contribution in [-0.4, -0.2) is 53.1 Å². The molecule has 1 atom stereocenters. The normalized spacial score (nSPS) is 17.0. The largest absolute Gasteiger partial charge is 0.366 e. The lowest BCUT2D eigenvalue weighted by Gasteiger charge is -2.31. The molecule has 8 nitrogen and oxygen atoms in total. The number of carbonyl (C=O) groups excluding carboxylic acids is 2. The van der Waals surface area contributed by atoms with Gasteiger partial charge in [-0.2, -0.15) is 4.98 Å². The van der Waals surface area contributed by atoms with Crippen molar-refractivity contribution in [1.82, 2.24) is 20.4 Å². The Bertz CT molecular complexity index is 844. The third-order valence-corrected chi connectivity index (χ3v) is 4.36. The molecule has 2 amide bonds. The van der Waals surface area contributed by atoms with E-state index in [2.05, 4.69) is 15.5 Å². The molecule has 1 N–H and O–H groups in total. The number of hydrogen-bond acceptors (Lipinski definition) is 6. The molecule has 1 aliphatic rings. The number of aryl methyl sites for hydroxylation is 1. The number of benzene rings is 1. The number of hydrogen-bond donors (Lipinski definition) is 1. The summed E-state index contributed by atoms with van der Waals surface area (Å²) < 4.78 is 23.6. The van der Waals surface area contributed by atoms with Gasteiger partial charge in [0.1, 0.15) is 11.9 Å². The van der Waals surface area contributed by atoms with Gasteiger partial charge >= 0.3 is 0 Å². The van der Waals surface area contributed by atoms with Gasteiger partial charge in [0.2, 0.25) is 17.6 Å². The lowest BCUT2D eigenvalue weighted by molar-refractivity contribution is -0.139. The zero-order valence-corrected chi connectivity index (χ0v) is 15.3. The second-order valence-electron chi connectivity index (χ2n) is 6.00. The molecule has 1 unspecified atom stereocenters. The molecule has 1 aromatic heterocycles. The summed E-state index contributed by atoms with van der Waals surface area (Å²) >= 11 is 5.85. The van der Waals surface area contributed by atoms with Crippen LogP contribution in [0.1, 0.15) is 34.6 Å². The van der Waals surface area contributed by atoms with Crippen LogP contribution in [0.5, 0.6) is 0 Å². The maximum absolute atomic E-state index is 13.0. The van der Waals surface area contributed by atoms with Gasteiger partial charge in [-0.3, -0.25) is 9.59 Å². The molecular weight excluding hydrogens is 379 g/mol. The highest BCUT2D eigenvalue weighted by atomic mass is 35.5. The number of nitrogens with zero attached hydrogens (tertiary/aromatic N) is 3. The van der Waals surface area contributed by atoms with Gasteiger partial charge in [0.25, 0.3) is 5.91 Å². The molecule has 3 rings (SSSR count). The first-order chi connectivity index (χ1) is 12.9. The lowest BCUT2D eigenvalue weighted by Crippen LogP contribution is -2.43. The van der Waals surface area contributed by atoms with Gasteiger partial charge in [-0.15, -0.1) is 0 Å². The number of amides is 2. The van der Waals surface area contributed by atoms with Crippen LogP contribution in [0.2, 0.25) is 5.02 Å². The van der Waals surface area contributed by atoms with Crippen molar-refractivity contribution in [3.8, 4) is 0 Å². The molecule has 144 valence electrons. The minimum atomic E-state index is -0.523. The summed E-state index contributed by atoms with van der Waals surface area (Å²) in [5.41, 5.74) is 0.157. The monoisotopic (exact) mass is 396 g/mol. The summed E-state index contributed by atoms with van der Waals surface area (Å²) in [5, 5.41) is 6.45. The van der Waals surface area contributed by atoms with Crippen molar-refractivity contribution >= 4 is 23.4 Å². The minimum absolute atomic E-state index is 0.0188. The van der Waals surface area contributed by atoms with Crippen LogP contribution in [0.15, 0.2) is 22.7 Å². The van der Waals surface area contributed by atoms with E-state index in [1.54, 1.807) is 11.8 Å². The number of carbonyl (C=O) groups is 2. The fraction of sp³-hybridized carbons (Fsp3) is 0.412. The average Bonchev–Trinajstić information content (AvgIpc) is 3.08. The first-order valence-electron chi connectivity index (χ1n) is 8.37. The Hall–Kier alpha value is -2.52. The van der Waals surface area contributed by atoms with Crippen molar-refractivity contribution in [1.29, 1.82) is 0 Å². The van der Waals surface area contributed by atoms with Gasteiger partial charge in [-0.25, -0.2) is 4.39 Å². The van der Waals surface area contributed by atoms with E-state index in [1.807, 2.05) is 0 Å². The molecule has 1 fully saturated rings. The van der Waals surface area contributed by atoms with Crippen LogP contribution in [0, 0.1) is 12.7 Å². The third-order valence-electron chi connectivity index (χ3n) is 4.05. The highest BCUT2D eigenvalue weighted by molar-refractivity contribution is 6.33. The van der Waals surface area contributed by atoms with Crippen LogP contribution in [-0.2, 0) is 9.53 Å². The van der Waals surface area contributed by atoms with Crippen LogP contribution < -0.4 is 5.32 Å². The van der Waals surface area contributed by atoms with E-state index in [1.165, 1.54) is 6.07 Å². The molecule has 27 heavy (non-hydrogen) atoms. The summed E-state index contributed by atoms with van der Waals surface area (Å²) in [6.45, 7) is 2.94. The van der Waals surface area contributed by atoms with Gasteiger partial charge in [0.15, 0.2) is 0 Å². The topological polar surface area (TPSA) is 97.6 Å². The van der Waals surface area contributed by atoms with Crippen LogP contribution in [0.3, 0.4) is 0 Å². The maximum atomic E-state index is 13.0. The molecular formula is C17H18ClFN4O4. The minimum Gasteiger partial charge on any atom is -0.366 e. The number of halogens is 2. The first kappa shape index (κ1) is 19.2. The lowest BCUT2D eigenvalue weighted by atomic mass is 10.2. The van der Waals surface area contributed by atoms with Crippen molar-refractivity contribution in [2.45, 2.75) is 19.4 Å². The predicted octanol–water partition coefficient (Wildman–Crippen LogP) is 1.89. The summed E-state index contributed by atoms with van der Waals surface area (Å²) in [6.07, 6.45) is -0.324. The van der Waals surface area contributed by atoms with E-state index < -0.39 is 17.8 Å². The van der Waals surface area contributed by atoms with Crippen molar-refractivity contribution in [3.05, 3.63) is 46.3 Å². The summed E-state index contributed by atoms with van der Waals surface area (Å²) in [4.78, 5) is 30.2. The molecule has 1 aromatic carbocycles. The summed E-state index contributed by atoms with van der Waals surface area (Å²) in [6, 6.07) is 3.52. The quantitative estimate of drug-likeness (QED) is 0.828. The summed E-state index contributed by atoms with van der Waals surface area (Å²) in [7, 11) is 0. The van der Waals surface area contributed by atoms with Crippen molar-refractivity contribution in [3.63, 3.8) is 0 Å². The molecule has 0 radical (unpaired) electrons. The molecule has 2 aromatic rings. The van der Waals surface area contributed by atoms with E-state index in [9.17, 15) is 14.0 Å². The predicted molar refractivity (Wildman–Crippen MR) is 92.7 cm³/mol. The Morgan fingerprint density at radius 2 is 2.26 bits per heavy atom. The van der Waals surface area contributed by atoms with E-state index in [0.717, 1.165) is 12.1 Å². The fourth-order valence-electron chi connectivity index (χ4n) is 2.69. The maximum Gasteiger partial charge on any atom is 0.252 e. The molecule has 10 heteroatoms. The highest BCUT2D eigenvalue weighted by Crippen LogP contribution is 2.20. The standard InChI is InChI=1S/C17H18ClFN4O4/c1-10-21-16(22-27-10)14-9-23(6-7-26-14)15(24)4-5-20-17(25)12-3-2-11(19)8-13(12)18/h2-3,8,14H,4-7,9H2,1H3,(H,20,25). The number of morpholine rings is 1. The van der Waals surface area contributed by atoms with Gasteiger partial charge in [0, 0.05) is 26.4 Å². The van der Waals surface area contributed by atoms with Gasteiger partial charge in [0.05, 0.1) is 23.7 Å². The highest BCUT2D eigenvalue weighted by Gasteiger charge is 2.28. The Morgan fingerprint density at radius 1 is 1.44 bits per heavy atom. The second kappa shape index (κ2) is 8.45. The van der Waals surface area contributed by atoms with Gasteiger partial charge in [-0.1, -0.05) is 16.8 Å². The van der Waals surface area contributed by atoms with Gasteiger partial charge < -0.3 is 19.5 Å². The molecule has 0 aliphatic carbocycles. The Labute approximate surface area is 159 Å². The number of aromatic nitrogens is 2. The molecule has 0 saturated carbocycles. The van der Waals surface area contributed by atoms with Crippen molar-refractivity contribution in [2.75, 3.05) is 26.2 Å². The van der Waals surface area contributed by atoms with E-state index >= 15 is 0 Å². The number of ether oxygens (including phenoxy) is 1. The SMILES string of the molecule is Cc1nc(C2CN(C(=O)CCNC(=O)c3ccc(F)cc3Cl)CCO2)no1. The number of nitrogens with one attached hydrogen (secondary N) is 1. The molecule has 1 aliphatic heterocycles. The summed E-state index contributed by atoms with van der Waals surface area (Å²) in [5.74, 6) is -0.280. The molecule has 0 bridgehead atoms. The van der Waals surface area contributed by atoms with E-state index in [0.29, 0.717) is 31.4 Å². The van der Waals surface area contributed by atoms with Crippen molar-refractivity contribution in [2.24, 2.45) is 0 Å². The van der Waals surface area contributed by atoms with Crippen LogP contribution >= 0.6 is 11.6 Å². The first-order valence-corrected chi connectivity index (χ1v) is 8.74. The van der Waals surface area contributed by atoms with E-state index in [4.69, 9.17) is 20.9 Å². The molecule has 2 heterocycles. The smallest absolute Gasteiger partial charge is 0.252 e. The van der Waals surface area contributed by atoms with Crippen LogP contribution in [0.4, 0.5) is 4.39 Å². The van der Waals surface area contributed by atoms with E-state index in [-0.39, 0.29) is 29.5 Å². The zero-order valence-electron chi connectivity index (χ0n) is 14.6. The Morgan fingerprint density at radius 3 is 2.96 bits per heavy atom. The Kier molecular flexibility index (Phi) is 6.02. The average molecular weight is 397 g/mol. The second-order valence-corrected chi connectivity index (χ2v) is 6.41. The Balaban J connectivity index is 1.49. The molecule has 1 saturated heterocycles. The zero-order chi connectivity index (χ0) is 19.4.